The molecule has 0 fully saturated rings. The average molecular weight is 357 g/mol. The molecule has 26 heavy (non-hydrogen) atoms. The Morgan fingerprint density at radius 1 is 1.04 bits per heavy atom. The van der Waals surface area contributed by atoms with Gasteiger partial charge in [0.1, 0.15) is 18.0 Å². The lowest BCUT2D eigenvalue weighted by atomic mass is 10.1. The number of methoxy groups -OCH3 is 2. The summed E-state index contributed by atoms with van der Waals surface area (Å²) in [5, 5.41) is 2.85. The number of nitrogens with one attached hydrogen (secondary N) is 2. The summed E-state index contributed by atoms with van der Waals surface area (Å²) < 4.78 is 10.6. The monoisotopic (exact) mass is 357 g/mol. The number of hydrogen-bond acceptors (Lipinski definition) is 4. The Bertz CT molecular complexity index is 772. The molecule has 1 atom stereocenters. The van der Waals surface area contributed by atoms with E-state index in [9.17, 15) is 9.59 Å². The first-order chi connectivity index (χ1) is 12.4. The molecule has 0 aliphatic heterocycles. The molecule has 0 spiro atoms. The number of anilines is 1. The van der Waals surface area contributed by atoms with E-state index >= 15 is 0 Å². The van der Waals surface area contributed by atoms with Crippen molar-refractivity contribution in [1.82, 2.24) is 0 Å². The van der Waals surface area contributed by atoms with Crippen LogP contribution >= 0.6 is 0 Å². The number of Topliss-reactive ketones (excluding diaryl/α,β-unsaturated/α-hetero) is 1. The molecule has 0 saturated carbocycles. The second kappa shape index (κ2) is 9.01. The molecule has 1 amide bonds. The van der Waals surface area contributed by atoms with Crippen molar-refractivity contribution >= 4 is 17.4 Å². The highest BCUT2D eigenvalue weighted by Gasteiger charge is 2.14. The molecule has 0 bridgehead atoms. The van der Waals surface area contributed by atoms with Gasteiger partial charge in [0.2, 0.25) is 0 Å². The first-order valence-corrected chi connectivity index (χ1v) is 8.36. The fraction of sp³-hybridized carbons (Fsp3) is 0.300. The minimum atomic E-state index is -0.0921. The third kappa shape index (κ3) is 5.32. The van der Waals surface area contributed by atoms with E-state index in [-0.39, 0.29) is 11.7 Å². The maximum absolute atomic E-state index is 12.2. The van der Waals surface area contributed by atoms with Crippen molar-refractivity contribution in [2.75, 3.05) is 33.1 Å². The molecular weight excluding hydrogens is 332 g/mol. The zero-order valence-corrected chi connectivity index (χ0v) is 15.6. The van der Waals surface area contributed by atoms with Crippen LogP contribution in [0.4, 0.5) is 5.69 Å². The van der Waals surface area contributed by atoms with Gasteiger partial charge in [-0.15, -0.1) is 0 Å². The summed E-state index contributed by atoms with van der Waals surface area (Å²) in [6.45, 7) is 2.47. The molecule has 0 aliphatic carbocycles. The van der Waals surface area contributed by atoms with E-state index in [0.717, 1.165) is 22.0 Å². The summed E-state index contributed by atoms with van der Waals surface area (Å²) in [6, 6.07) is 12.5. The van der Waals surface area contributed by atoms with Crippen molar-refractivity contribution in [1.29, 1.82) is 0 Å². The molecule has 138 valence electrons. The largest absolute Gasteiger partial charge is 0.497 e. The number of carbonyl (C=O) groups excluding carboxylic acids is 2. The first-order valence-electron chi connectivity index (χ1n) is 8.36. The lowest BCUT2D eigenvalue weighted by Crippen LogP contribution is -3.08. The Labute approximate surface area is 153 Å². The molecule has 2 N–H and O–H groups in total. The van der Waals surface area contributed by atoms with Gasteiger partial charge in [-0.2, -0.15) is 0 Å². The topological polar surface area (TPSA) is 69.1 Å². The van der Waals surface area contributed by atoms with E-state index in [1.165, 1.54) is 6.92 Å². The van der Waals surface area contributed by atoms with Gasteiger partial charge in [-0.3, -0.25) is 9.59 Å². The molecule has 2 aromatic rings. The van der Waals surface area contributed by atoms with E-state index in [1.807, 2.05) is 25.2 Å². The van der Waals surface area contributed by atoms with Gasteiger partial charge in [-0.1, -0.05) is 0 Å². The van der Waals surface area contributed by atoms with E-state index in [1.54, 1.807) is 38.5 Å². The van der Waals surface area contributed by atoms with Gasteiger partial charge in [0, 0.05) is 22.9 Å². The van der Waals surface area contributed by atoms with E-state index in [4.69, 9.17) is 9.47 Å². The normalized spacial score (nSPS) is 11.5. The van der Waals surface area contributed by atoms with Gasteiger partial charge in [-0.25, -0.2) is 0 Å². The number of benzene rings is 2. The van der Waals surface area contributed by atoms with Gasteiger partial charge < -0.3 is 19.7 Å². The lowest BCUT2D eigenvalue weighted by Gasteiger charge is -2.16. The molecular formula is C20H25N2O4+. The Morgan fingerprint density at radius 3 is 2.31 bits per heavy atom. The van der Waals surface area contributed by atoms with Crippen LogP contribution in [-0.2, 0) is 11.3 Å². The summed E-state index contributed by atoms with van der Waals surface area (Å²) in [5.74, 6) is 1.38. The number of amides is 1. The zero-order valence-electron chi connectivity index (χ0n) is 15.6. The Balaban J connectivity index is 1.93. The molecule has 6 heteroatoms. The molecule has 0 aromatic heterocycles. The maximum Gasteiger partial charge on any atom is 0.279 e. The molecule has 0 heterocycles. The Hall–Kier alpha value is -2.86. The molecule has 1 unspecified atom stereocenters. The van der Waals surface area contributed by atoms with E-state index in [2.05, 4.69) is 5.32 Å². The minimum Gasteiger partial charge on any atom is -0.497 e. The number of ketones is 1. The number of hydrogen-bond donors (Lipinski definition) is 2. The van der Waals surface area contributed by atoms with Crippen LogP contribution < -0.4 is 19.7 Å². The predicted molar refractivity (Wildman–Crippen MR) is 100 cm³/mol. The molecule has 0 aliphatic rings. The predicted octanol–water partition coefficient (Wildman–Crippen LogP) is 1.56. The summed E-state index contributed by atoms with van der Waals surface area (Å²) in [7, 11) is 5.17. The Morgan fingerprint density at radius 2 is 1.73 bits per heavy atom. The van der Waals surface area contributed by atoms with Crippen molar-refractivity contribution in [2.24, 2.45) is 0 Å². The van der Waals surface area contributed by atoms with E-state index in [0.29, 0.717) is 24.3 Å². The van der Waals surface area contributed by atoms with Crippen LogP contribution in [-0.4, -0.2) is 39.5 Å². The highest BCUT2D eigenvalue weighted by atomic mass is 16.5. The second-order valence-electron chi connectivity index (χ2n) is 6.17. The number of ether oxygens (including phenoxy) is 2. The van der Waals surface area contributed by atoms with Crippen LogP contribution in [0.1, 0.15) is 22.8 Å². The van der Waals surface area contributed by atoms with Crippen molar-refractivity contribution in [3.63, 3.8) is 0 Å². The summed E-state index contributed by atoms with van der Waals surface area (Å²) >= 11 is 0. The van der Waals surface area contributed by atoms with Crippen molar-refractivity contribution in [2.45, 2.75) is 13.5 Å². The summed E-state index contributed by atoms with van der Waals surface area (Å²) in [4.78, 5) is 24.5. The number of likely N-dealkylation sites (N-methyl/N-ethyl adjacent to an activating group) is 1. The lowest BCUT2D eigenvalue weighted by molar-refractivity contribution is -0.885. The molecule has 0 saturated heterocycles. The summed E-state index contributed by atoms with van der Waals surface area (Å²) in [6.07, 6.45) is 0. The van der Waals surface area contributed by atoms with Crippen LogP contribution in [0.2, 0.25) is 0 Å². The average Bonchev–Trinajstić information content (AvgIpc) is 2.62. The van der Waals surface area contributed by atoms with Crippen molar-refractivity contribution in [3.8, 4) is 11.5 Å². The van der Waals surface area contributed by atoms with Crippen LogP contribution in [0, 0.1) is 0 Å². The minimum absolute atomic E-state index is 0.000457. The molecule has 2 rings (SSSR count). The highest BCUT2D eigenvalue weighted by Crippen LogP contribution is 2.23. The second-order valence-corrected chi connectivity index (χ2v) is 6.17. The molecule has 0 radical (unpaired) electrons. The number of rotatable bonds is 8. The number of quaternary nitrogens is 1. The van der Waals surface area contributed by atoms with Crippen LogP contribution in [0.3, 0.4) is 0 Å². The van der Waals surface area contributed by atoms with Crippen LogP contribution in [0.5, 0.6) is 11.5 Å². The molecule has 2 aromatic carbocycles. The number of carbonyl (C=O) groups is 2. The van der Waals surface area contributed by atoms with E-state index < -0.39 is 0 Å². The van der Waals surface area contributed by atoms with Gasteiger partial charge in [0.15, 0.2) is 12.3 Å². The van der Waals surface area contributed by atoms with Gasteiger partial charge in [0.05, 0.1) is 21.3 Å². The highest BCUT2D eigenvalue weighted by molar-refractivity contribution is 5.95. The zero-order chi connectivity index (χ0) is 19.1. The summed E-state index contributed by atoms with van der Waals surface area (Å²) in [5.41, 5.74) is 2.30. The molecule has 6 nitrogen and oxygen atoms in total. The quantitative estimate of drug-likeness (QED) is 0.704. The van der Waals surface area contributed by atoms with Gasteiger partial charge >= 0.3 is 0 Å². The smallest absolute Gasteiger partial charge is 0.279 e. The first kappa shape index (κ1) is 19.5. The van der Waals surface area contributed by atoms with Crippen LogP contribution in [0.25, 0.3) is 0 Å². The van der Waals surface area contributed by atoms with Crippen LogP contribution in [0.15, 0.2) is 42.5 Å². The third-order valence-electron chi connectivity index (χ3n) is 4.02. The fourth-order valence-electron chi connectivity index (χ4n) is 2.65. The Kier molecular flexibility index (Phi) is 6.74. The third-order valence-corrected chi connectivity index (χ3v) is 4.02. The van der Waals surface area contributed by atoms with Crippen molar-refractivity contribution in [3.05, 3.63) is 53.6 Å². The fourth-order valence-corrected chi connectivity index (χ4v) is 2.65. The van der Waals surface area contributed by atoms with Crippen molar-refractivity contribution < 1.29 is 24.0 Å². The maximum atomic E-state index is 12.2. The SMILES string of the molecule is COc1ccc(C[NH+](C)CC(=O)Nc2ccc(C(C)=O)cc2)c(OC)c1. The standard InChI is InChI=1S/C20H24N2O4/c1-14(23)15-5-8-17(9-6-15)21-20(24)13-22(2)12-16-7-10-18(25-3)11-19(16)26-4/h5-11H,12-13H2,1-4H3,(H,21,24)/p+1. The van der Waals surface area contributed by atoms with Gasteiger partial charge in [0.25, 0.3) is 5.91 Å². The van der Waals surface area contributed by atoms with Gasteiger partial charge in [-0.05, 0) is 43.3 Å².